The van der Waals surface area contributed by atoms with Gasteiger partial charge in [0.25, 0.3) is 0 Å². The van der Waals surface area contributed by atoms with E-state index in [0.29, 0.717) is 109 Å². The maximum absolute atomic E-state index is 15.7. The van der Waals surface area contributed by atoms with Gasteiger partial charge in [-0.15, -0.1) is 0 Å². The minimum atomic E-state index is -2.32. The van der Waals surface area contributed by atoms with Crippen LogP contribution >= 0.6 is 0 Å². The SMILES string of the molecule is CC[C@]1(NC(=O)N2CCOCC2)C[C@@H]2CN(CCc3c([nH]c4ccccc34)[C@@](C(=O)OC)(c3cc4c(cc3OC)N(C)[C@H]3[C@@](O)(C(=O)OC)[C@H](OC(C)=O)[C@]5(CC)C=CCN6CC[C@]43[C@@H]65)C2)C1. The molecule has 7 heterocycles. The number of aromatic nitrogens is 1. The van der Waals surface area contributed by atoms with Crippen molar-refractivity contribution in [3.8, 4) is 5.75 Å². The van der Waals surface area contributed by atoms with Gasteiger partial charge in [0, 0.05) is 104 Å². The molecule has 16 heteroatoms. The summed E-state index contributed by atoms with van der Waals surface area (Å²) in [7, 11) is 6.18. The van der Waals surface area contributed by atoms with Crippen LogP contribution in [0.3, 0.4) is 0 Å². The van der Waals surface area contributed by atoms with Crippen LogP contribution in [0, 0.1) is 11.3 Å². The molecule has 2 amide bonds. The number of nitrogens with zero attached hydrogens (tertiary/aromatic N) is 4. The highest BCUT2D eigenvalue weighted by Gasteiger charge is 2.80. The number of aromatic amines is 1. The molecule has 360 valence electrons. The van der Waals surface area contributed by atoms with Crippen LogP contribution in [0.2, 0.25) is 0 Å². The molecule has 1 saturated carbocycles. The van der Waals surface area contributed by atoms with Gasteiger partial charge in [-0.05, 0) is 74.2 Å². The Kier molecular flexibility index (Phi) is 11.2. The zero-order valence-electron chi connectivity index (χ0n) is 39.9. The monoisotopic (exact) mass is 922 g/mol. The van der Waals surface area contributed by atoms with E-state index < -0.39 is 57.4 Å². The minimum absolute atomic E-state index is 0.101. The second-order valence-corrected chi connectivity index (χ2v) is 20.3. The van der Waals surface area contributed by atoms with E-state index in [9.17, 15) is 19.5 Å². The molecule has 10 atom stereocenters. The van der Waals surface area contributed by atoms with Crippen molar-refractivity contribution in [2.24, 2.45) is 11.3 Å². The molecule has 67 heavy (non-hydrogen) atoms. The van der Waals surface area contributed by atoms with Crippen molar-refractivity contribution in [1.82, 2.24) is 25.0 Å². The lowest BCUT2D eigenvalue weighted by molar-refractivity contribution is -0.228. The number of aliphatic hydroxyl groups is 1. The summed E-state index contributed by atoms with van der Waals surface area (Å²) in [6, 6.07) is 10.9. The van der Waals surface area contributed by atoms with Crippen molar-refractivity contribution in [3.05, 3.63) is 70.9 Å². The zero-order chi connectivity index (χ0) is 47.3. The average Bonchev–Trinajstić information content (AvgIpc) is 4.00. The molecule has 3 saturated heterocycles. The number of esters is 3. The molecule has 3 N–H and O–H groups in total. The fourth-order valence-corrected chi connectivity index (χ4v) is 14.8. The Hall–Kier alpha value is -5.16. The summed E-state index contributed by atoms with van der Waals surface area (Å²) >= 11 is 0. The number of piperidine rings is 1. The van der Waals surface area contributed by atoms with E-state index in [4.69, 9.17) is 23.7 Å². The molecule has 1 aromatic heterocycles. The predicted octanol–water partition coefficient (Wildman–Crippen LogP) is 4.04. The van der Waals surface area contributed by atoms with E-state index in [1.54, 1.807) is 7.11 Å². The van der Waals surface area contributed by atoms with Crippen LogP contribution in [0.15, 0.2) is 48.6 Å². The summed E-state index contributed by atoms with van der Waals surface area (Å²) in [6.07, 6.45) is 6.09. The number of likely N-dealkylation sites (N-methyl/N-ethyl adjacent to an activating group) is 1. The van der Waals surface area contributed by atoms with E-state index in [1.807, 2.05) is 48.0 Å². The highest BCUT2D eigenvalue weighted by atomic mass is 16.6. The first kappa shape index (κ1) is 45.6. The fraction of sp³-hybridized carbons (Fsp3) is 0.608. The zero-order valence-corrected chi connectivity index (χ0v) is 39.9. The molecule has 10 rings (SSSR count). The number of para-hydroxylation sites is 1. The first-order valence-electron chi connectivity index (χ1n) is 24.1. The van der Waals surface area contributed by atoms with Crippen molar-refractivity contribution in [2.75, 3.05) is 92.3 Å². The predicted molar refractivity (Wildman–Crippen MR) is 249 cm³/mol. The van der Waals surface area contributed by atoms with Crippen molar-refractivity contribution in [1.29, 1.82) is 0 Å². The molecule has 6 aliphatic heterocycles. The Labute approximate surface area is 392 Å². The van der Waals surface area contributed by atoms with E-state index >= 15 is 4.79 Å². The van der Waals surface area contributed by atoms with Crippen LogP contribution in [0.5, 0.6) is 5.75 Å². The van der Waals surface area contributed by atoms with Crippen molar-refractivity contribution in [2.45, 2.75) is 99.5 Å². The number of rotatable bonds is 8. The summed E-state index contributed by atoms with van der Waals surface area (Å²) in [5, 5.41) is 18.0. The average molecular weight is 923 g/mol. The summed E-state index contributed by atoms with van der Waals surface area (Å²) in [5.74, 6) is -1.60. The fourth-order valence-electron chi connectivity index (χ4n) is 14.8. The number of carbonyl (C=O) groups is 4. The van der Waals surface area contributed by atoms with Gasteiger partial charge in [0.15, 0.2) is 6.10 Å². The van der Waals surface area contributed by atoms with Gasteiger partial charge in [-0.2, -0.15) is 0 Å². The van der Waals surface area contributed by atoms with Crippen molar-refractivity contribution < 1.29 is 48.0 Å². The third kappa shape index (κ3) is 6.37. The van der Waals surface area contributed by atoms with Gasteiger partial charge < -0.3 is 53.8 Å². The maximum Gasteiger partial charge on any atom is 0.344 e. The summed E-state index contributed by atoms with van der Waals surface area (Å²) in [4.78, 5) is 69.8. The highest BCUT2D eigenvalue weighted by Crippen LogP contribution is 2.68. The van der Waals surface area contributed by atoms with Crippen LogP contribution in [0.25, 0.3) is 10.9 Å². The van der Waals surface area contributed by atoms with Crippen molar-refractivity contribution in [3.63, 3.8) is 0 Å². The third-order valence-electron chi connectivity index (χ3n) is 17.3. The van der Waals surface area contributed by atoms with Crippen LogP contribution in [0.1, 0.15) is 75.3 Å². The molecular formula is C51H66N6O10. The number of nitrogens with one attached hydrogen (secondary N) is 2. The molecule has 4 fully saturated rings. The number of carbonyl (C=O) groups excluding carboxylic acids is 4. The molecule has 16 nitrogen and oxygen atoms in total. The number of fused-ring (bicyclic) bond motifs is 6. The molecule has 2 bridgehead atoms. The van der Waals surface area contributed by atoms with Gasteiger partial charge in [0.2, 0.25) is 5.60 Å². The minimum Gasteiger partial charge on any atom is -0.496 e. The number of benzene rings is 2. The molecule has 3 aromatic rings. The Morgan fingerprint density at radius 1 is 0.940 bits per heavy atom. The van der Waals surface area contributed by atoms with Crippen LogP contribution < -0.4 is 15.0 Å². The van der Waals surface area contributed by atoms with E-state index in [2.05, 4.69) is 51.3 Å². The van der Waals surface area contributed by atoms with Crippen molar-refractivity contribution >= 4 is 40.5 Å². The Bertz CT molecular complexity index is 2520. The number of methoxy groups -OCH3 is 3. The second kappa shape index (κ2) is 16.5. The first-order valence-corrected chi connectivity index (χ1v) is 24.1. The molecule has 1 unspecified atom stereocenters. The molecule has 7 aliphatic rings. The van der Waals surface area contributed by atoms with Gasteiger partial charge >= 0.3 is 23.9 Å². The second-order valence-electron chi connectivity index (χ2n) is 20.3. The third-order valence-corrected chi connectivity index (χ3v) is 17.3. The maximum atomic E-state index is 15.7. The summed E-state index contributed by atoms with van der Waals surface area (Å²) in [5.41, 5.74) is -1.44. The smallest absolute Gasteiger partial charge is 0.344 e. The molecule has 1 spiro atoms. The number of anilines is 1. The topological polar surface area (TPSA) is 175 Å². The molecule has 0 radical (unpaired) electrons. The van der Waals surface area contributed by atoms with Gasteiger partial charge in [-0.3, -0.25) is 14.5 Å². The number of amides is 2. The van der Waals surface area contributed by atoms with Crippen LogP contribution in [-0.4, -0.2) is 165 Å². The van der Waals surface area contributed by atoms with E-state index in [0.717, 1.165) is 33.4 Å². The lowest BCUT2D eigenvalue weighted by atomic mass is 9.47. The highest BCUT2D eigenvalue weighted by molar-refractivity contribution is 5.95. The number of H-pyrrole nitrogens is 1. The van der Waals surface area contributed by atoms with E-state index in [-0.39, 0.29) is 18.0 Å². The normalized spacial score (nSPS) is 35.3. The standard InChI is InChI=1S/C51H66N6O10/c1-8-47(53-46(61)57-21-23-66-24-22-57)27-32-28-50(44(59)64-6,40-34(15-19-55(29-32)30-47)33-13-10-11-14-37(33)52-40)36-25-35-38(26-39(36)63-5)54(4)42-49(35)17-20-56-18-12-16-48(9-2,41(49)56)43(67-31(3)58)51(42,62)45(60)65-7/h10-14,16,25-26,32,41-43,52,62H,8-9,15,17-24,27-30H2,1-7H3,(H,53,61)/t32-,41-,42+,43+,47-,48+,49+,50-,51-/m0/s1. The summed E-state index contributed by atoms with van der Waals surface area (Å²) < 4.78 is 29.8. The molecule has 1 aliphatic carbocycles. The quantitative estimate of drug-likeness (QED) is 0.168. The number of urea groups is 1. The Balaban J connectivity index is 1.21. The number of morpholine rings is 1. The number of hydrogen-bond donors (Lipinski definition) is 3. The van der Waals surface area contributed by atoms with Crippen LogP contribution in [-0.2, 0) is 50.6 Å². The number of hydrogen-bond acceptors (Lipinski definition) is 13. The lowest BCUT2D eigenvalue weighted by Crippen LogP contribution is -2.81. The van der Waals surface area contributed by atoms with Crippen LogP contribution in [0.4, 0.5) is 10.5 Å². The Morgan fingerprint density at radius 2 is 1.70 bits per heavy atom. The molecule has 2 aromatic carbocycles. The molecular weight excluding hydrogens is 857 g/mol. The summed E-state index contributed by atoms with van der Waals surface area (Å²) in [6.45, 7) is 10.9. The lowest BCUT2D eigenvalue weighted by Gasteiger charge is -2.63. The van der Waals surface area contributed by atoms with Gasteiger partial charge in [0.05, 0.1) is 46.1 Å². The van der Waals surface area contributed by atoms with E-state index in [1.165, 1.54) is 21.1 Å². The Morgan fingerprint density at radius 3 is 2.40 bits per heavy atom. The first-order chi connectivity index (χ1) is 32.2. The van der Waals surface area contributed by atoms with Gasteiger partial charge in [-0.1, -0.05) is 44.2 Å². The largest absolute Gasteiger partial charge is 0.496 e. The number of ether oxygens (including phenoxy) is 5. The van der Waals surface area contributed by atoms with Gasteiger partial charge in [0.1, 0.15) is 11.2 Å². The van der Waals surface area contributed by atoms with Gasteiger partial charge in [-0.25, -0.2) is 9.59 Å².